The first-order valence-electron chi connectivity index (χ1n) is 20.1. The van der Waals surface area contributed by atoms with Crippen LogP contribution in [0.4, 0.5) is 17.1 Å². The molecule has 7 rings (SSSR count). The van der Waals surface area contributed by atoms with Gasteiger partial charge < -0.3 is 29.1 Å². The zero-order chi connectivity index (χ0) is 41.2. The summed E-state index contributed by atoms with van der Waals surface area (Å²) in [5.41, 5.74) is 3.06. The van der Waals surface area contributed by atoms with E-state index in [1.54, 1.807) is 21.8 Å². The third-order valence-electron chi connectivity index (χ3n) is 12.7. The number of unbranched alkanes of at least 4 members (excludes halogenated alkanes) is 1. The zero-order valence-electron chi connectivity index (χ0n) is 33.9. The van der Waals surface area contributed by atoms with Crippen LogP contribution < -0.4 is 19.7 Å². The maximum Gasteiger partial charge on any atom is 0.305 e. The minimum absolute atomic E-state index is 0.0217. The van der Waals surface area contributed by atoms with E-state index >= 15 is 4.79 Å². The summed E-state index contributed by atoms with van der Waals surface area (Å²) in [6, 6.07) is 30.6. The van der Waals surface area contributed by atoms with E-state index in [9.17, 15) is 19.5 Å². The van der Waals surface area contributed by atoms with E-state index in [0.717, 1.165) is 28.5 Å². The molecule has 0 unspecified atom stereocenters. The van der Waals surface area contributed by atoms with Crippen LogP contribution in [-0.2, 0) is 47.2 Å². The number of amides is 3. The molecule has 1 saturated heterocycles. The molecule has 4 aromatic carbocycles. The van der Waals surface area contributed by atoms with Crippen LogP contribution >= 0.6 is 0 Å². The van der Waals surface area contributed by atoms with E-state index in [4.69, 9.17) is 14.2 Å². The maximum absolute atomic E-state index is 15.4. The van der Waals surface area contributed by atoms with Gasteiger partial charge in [-0.2, -0.15) is 0 Å². The molecular weight excluding hydrogens is 751 g/mol. The van der Waals surface area contributed by atoms with Crippen LogP contribution in [0.15, 0.2) is 97.1 Å². The number of benzene rings is 4. The van der Waals surface area contributed by atoms with Gasteiger partial charge >= 0.3 is 5.97 Å². The highest BCUT2D eigenvalue weighted by molar-refractivity contribution is 6.91. The Morgan fingerprint density at radius 2 is 1.66 bits per heavy atom. The maximum atomic E-state index is 15.4. The second-order valence-corrected chi connectivity index (χ2v) is 20.9. The molecule has 304 valence electrons. The summed E-state index contributed by atoms with van der Waals surface area (Å²) < 4.78 is 17.7. The molecule has 3 amide bonds. The van der Waals surface area contributed by atoms with Gasteiger partial charge in [0.2, 0.25) is 12.3 Å². The number of fused-ring (bicyclic) bond motifs is 3. The molecule has 1 N–H and O–H groups in total. The summed E-state index contributed by atoms with van der Waals surface area (Å²) in [6.45, 7) is 7.17. The van der Waals surface area contributed by atoms with Crippen molar-refractivity contribution in [3.05, 3.63) is 114 Å². The Labute approximate surface area is 341 Å². The van der Waals surface area contributed by atoms with Crippen molar-refractivity contribution in [3.8, 4) is 5.75 Å². The number of para-hydroxylation sites is 1. The quantitative estimate of drug-likeness (QED) is 0.0689. The molecule has 11 nitrogen and oxygen atoms in total. The molecule has 12 heteroatoms. The summed E-state index contributed by atoms with van der Waals surface area (Å²) in [5.74, 6) is -0.322. The van der Waals surface area contributed by atoms with E-state index in [1.807, 2.05) is 84.9 Å². The molecule has 4 aromatic rings. The minimum Gasteiger partial charge on any atom is -0.497 e. The number of aliphatic hydroxyl groups is 1. The molecule has 0 radical (unpaired) electrons. The number of ether oxygens (including phenoxy) is 3. The first-order valence-corrected chi connectivity index (χ1v) is 23.2. The number of rotatable bonds is 14. The first-order chi connectivity index (χ1) is 28.0. The topological polar surface area (TPSA) is 126 Å². The van der Waals surface area contributed by atoms with Gasteiger partial charge in [-0.25, -0.2) is 0 Å². The fraction of sp³-hybridized carbons (Fsp3) is 0.391. The Hall–Kier alpha value is -5.30. The number of carbonyl (C=O) groups excluding carboxylic acids is 4. The molecule has 1 spiro atoms. The van der Waals surface area contributed by atoms with Crippen molar-refractivity contribution in [2.24, 2.45) is 5.92 Å². The number of carbonyl (C=O) groups is 4. The Morgan fingerprint density at radius 3 is 2.33 bits per heavy atom. The number of methoxy groups -OCH3 is 2. The molecule has 3 aliphatic rings. The number of hydrogen-bond donors (Lipinski definition) is 1. The molecule has 0 bridgehead atoms. The van der Waals surface area contributed by atoms with E-state index < -0.39 is 25.7 Å². The zero-order valence-corrected chi connectivity index (χ0v) is 34.9. The molecule has 3 aliphatic heterocycles. The molecule has 1 fully saturated rings. The van der Waals surface area contributed by atoms with Crippen LogP contribution in [-0.4, -0.2) is 81.8 Å². The van der Waals surface area contributed by atoms with E-state index in [2.05, 4.69) is 32.2 Å². The number of aliphatic hydroxyl groups excluding tert-OH is 1. The lowest BCUT2D eigenvalue weighted by Gasteiger charge is -2.39. The predicted octanol–water partition coefficient (Wildman–Crippen LogP) is 6.23. The van der Waals surface area contributed by atoms with Crippen LogP contribution in [0.2, 0.25) is 18.6 Å². The highest BCUT2D eigenvalue weighted by Crippen LogP contribution is 2.60. The molecule has 5 atom stereocenters. The number of hydrogen-bond acceptors (Lipinski definition) is 8. The largest absolute Gasteiger partial charge is 0.497 e. The van der Waals surface area contributed by atoms with Crippen LogP contribution in [0.1, 0.15) is 49.3 Å². The lowest BCUT2D eigenvalue weighted by molar-refractivity contribution is -0.151. The third kappa shape index (κ3) is 7.33. The predicted molar refractivity (Wildman–Crippen MR) is 225 cm³/mol. The van der Waals surface area contributed by atoms with Gasteiger partial charge in [0.15, 0.2) is 5.60 Å². The van der Waals surface area contributed by atoms with Crippen molar-refractivity contribution in [1.82, 2.24) is 4.90 Å². The van der Waals surface area contributed by atoms with Crippen molar-refractivity contribution in [2.75, 3.05) is 37.2 Å². The summed E-state index contributed by atoms with van der Waals surface area (Å²) in [6.07, 6.45) is 2.00. The number of anilines is 3. The third-order valence-corrected chi connectivity index (χ3v) is 17.1. The van der Waals surface area contributed by atoms with Crippen LogP contribution in [0.5, 0.6) is 5.75 Å². The normalized spacial score (nSPS) is 22.4. The van der Waals surface area contributed by atoms with E-state index in [1.165, 1.54) is 7.11 Å². The molecule has 0 saturated carbocycles. The van der Waals surface area contributed by atoms with Crippen LogP contribution in [0.25, 0.3) is 0 Å². The van der Waals surface area contributed by atoms with Crippen molar-refractivity contribution in [1.29, 1.82) is 0 Å². The summed E-state index contributed by atoms with van der Waals surface area (Å²) in [4.78, 5) is 59.8. The number of nitrogens with zero attached hydrogens (tertiary/aromatic N) is 3. The fourth-order valence-electron chi connectivity index (χ4n) is 9.71. The van der Waals surface area contributed by atoms with Crippen LogP contribution in [0.3, 0.4) is 0 Å². The molecule has 58 heavy (non-hydrogen) atoms. The molecule has 3 heterocycles. The van der Waals surface area contributed by atoms with E-state index in [0.29, 0.717) is 55.0 Å². The summed E-state index contributed by atoms with van der Waals surface area (Å²) in [7, 11) is 0.394. The Morgan fingerprint density at radius 1 is 0.948 bits per heavy atom. The van der Waals surface area contributed by atoms with Crippen molar-refractivity contribution in [3.63, 3.8) is 0 Å². The smallest absolute Gasteiger partial charge is 0.305 e. The first kappa shape index (κ1) is 40.9. The van der Waals surface area contributed by atoms with Gasteiger partial charge in [-0.05, 0) is 78.4 Å². The summed E-state index contributed by atoms with van der Waals surface area (Å²) >= 11 is 0. The monoisotopic (exact) mass is 803 g/mol. The minimum atomic E-state index is -2.61. The Balaban J connectivity index is 1.32. The molecule has 0 aliphatic carbocycles. The van der Waals surface area contributed by atoms with Gasteiger partial charge in [0.1, 0.15) is 5.75 Å². The average molecular weight is 804 g/mol. The van der Waals surface area contributed by atoms with Gasteiger partial charge in [0.25, 0.3) is 5.91 Å². The van der Waals surface area contributed by atoms with E-state index in [-0.39, 0.29) is 48.8 Å². The molecular formula is C46H53N3O8Si. The van der Waals surface area contributed by atoms with Gasteiger partial charge in [0, 0.05) is 42.4 Å². The van der Waals surface area contributed by atoms with Crippen LogP contribution in [0, 0.1) is 5.92 Å². The van der Waals surface area contributed by atoms with Crippen molar-refractivity contribution >= 4 is 54.5 Å². The highest BCUT2D eigenvalue weighted by Gasteiger charge is 2.66. The second kappa shape index (κ2) is 16.9. The van der Waals surface area contributed by atoms with Gasteiger partial charge in [-0.15, -0.1) is 0 Å². The lowest BCUT2D eigenvalue weighted by Crippen LogP contribution is -2.52. The van der Waals surface area contributed by atoms with Crippen molar-refractivity contribution < 1.29 is 38.5 Å². The fourth-order valence-corrected chi connectivity index (χ4v) is 13.7. The Kier molecular flexibility index (Phi) is 11.9. The van der Waals surface area contributed by atoms with Crippen molar-refractivity contribution in [2.45, 2.75) is 82.0 Å². The molecule has 0 aromatic heterocycles. The van der Waals surface area contributed by atoms with Gasteiger partial charge in [-0.1, -0.05) is 79.8 Å². The number of esters is 1. The highest BCUT2D eigenvalue weighted by atomic mass is 28.3. The SMILES string of the molecule is COC(=O)CCCCN1C(=O)[C@@]2(O[C@@H](CC(=O)N3Cc4ccccc4C[C@H]3CO)[C@H]([Si](C)(C)c3ccc(OC)cc3)[C@H]2C)c2cc(N(C=O)c3ccccc3)ccc21. The average Bonchev–Trinajstić information content (AvgIpc) is 3.67. The van der Waals surface area contributed by atoms with Gasteiger partial charge in [-0.3, -0.25) is 24.1 Å². The summed E-state index contributed by atoms with van der Waals surface area (Å²) in [5, 5.41) is 11.7. The second-order valence-electron chi connectivity index (χ2n) is 16.2. The lowest BCUT2D eigenvalue weighted by atomic mass is 9.82. The standard InChI is InChI=1S/C46H53N3O8Si/c1-31-44(58(4,5)38-21-19-37(55-2)20-22-38)41(27-42(52)48-28-33-14-10-9-13-32(33)25-36(48)29-50)57-46(31)39-26-35(49(30-51)34-15-7-6-8-16-34)18-23-40(39)47(45(46)54)24-12-11-17-43(53)56-3/h6-10,13-16,18-23,26,30-31,36,41,44,50H,11-12,17,24-25,27-29H2,1-5H3/t31-,36+,41+,44-,46+/m1/s1. The Bertz CT molecular complexity index is 2150. The van der Waals surface area contributed by atoms with Gasteiger partial charge in [0.05, 0.1) is 53.2 Å².